The molecular formula is C16H21ClN2O3. The van der Waals surface area contributed by atoms with Gasteiger partial charge in [0.2, 0.25) is 0 Å². The number of nitrogens with two attached hydrogens (primary N) is 1. The van der Waals surface area contributed by atoms with Crippen LogP contribution in [0.5, 0.6) is 0 Å². The molecule has 0 atom stereocenters. The zero-order valence-electron chi connectivity index (χ0n) is 12.5. The summed E-state index contributed by atoms with van der Waals surface area (Å²) in [6, 6.07) is 11.6. The molecule has 5 nitrogen and oxygen atoms in total. The van der Waals surface area contributed by atoms with Crippen molar-refractivity contribution in [2.24, 2.45) is 5.73 Å². The second-order valence-electron chi connectivity index (χ2n) is 4.77. The smallest absolute Gasteiger partial charge is 0.256 e. The predicted octanol–water partition coefficient (Wildman–Crippen LogP) is 2.45. The number of benzene rings is 1. The highest BCUT2D eigenvalue weighted by molar-refractivity contribution is 5.93. The lowest BCUT2D eigenvalue weighted by molar-refractivity contribution is 0.0670. The van der Waals surface area contributed by atoms with Gasteiger partial charge in [0.1, 0.15) is 12.0 Å². The minimum absolute atomic E-state index is 0. The van der Waals surface area contributed by atoms with Crippen LogP contribution in [-0.4, -0.2) is 31.0 Å². The quantitative estimate of drug-likeness (QED) is 0.794. The second kappa shape index (κ2) is 9.25. The number of nitrogens with zero attached hydrogens (tertiary/aromatic N) is 1. The summed E-state index contributed by atoms with van der Waals surface area (Å²) in [6.45, 7) is 1.84. The second-order valence-corrected chi connectivity index (χ2v) is 4.77. The predicted molar refractivity (Wildman–Crippen MR) is 86.9 cm³/mol. The SMILES string of the molecule is CN(CCOCc1ccccc1)C(=O)c1coc(CN)c1.Cl. The van der Waals surface area contributed by atoms with Gasteiger partial charge < -0.3 is 19.8 Å². The highest BCUT2D eigenvalue weighted by Crippen LogP contribution is 2.09. The minimum Gasteiger partial charge on any atom is -0.467 e. The average molecular weight is 325 g/mol. The number of amides is 1. The maximum Gasteiger partial charge on any atom is 0.256 e. The number of carbonyl (C=O) groups is 1. The van der Waals surface area contributed by atoms with Crippen LogP contribution < -0.4 is 5.73 Å². The molecule has 1 amide bonds. The molecule has 22 heavy (non-hydrogen) atoms. The minimum atomic E-state index is -0.0956. The van der Waals surface area contributed by atoms with Crippen LogP contribution in [0.2, 0.25) is 0 Å². The van der Waals surface area contributed by atoms with Gasteiger partial charge in [0, 0.05) is 13.6 Å². The molecule has 0 aliphatic carbocycles. The Morgan fingerprint density at radius 3 is 2.68 bits per heavy atom. The van der Waals surface area contributed by atoms with E-state index in [9.17, 15) is 4.79 Å². The molecule has 0 saturated heterocycles. The largest absolute Gasteiger partial charge is 0.467 e. The Hall–Kier alpha value is -1.82. The van der Waals surface area contributed by atoms with Gasteiger partial charge in [-0.25, -0.2) is 0 Å². The molecule has 0 aliphatic rings. The van der Waals surface area contributed by atoms with Crippen LogP contribution in [0.25, 0.3) is 0 Å². The first-order valence-electron chi connectivity index (χ1n) is 6.85. The fourth-order valence-corrected chi connectivity index (χ4v) is 1.89. The first kappa shape index (κ1) is 18.2. The van der Waals surface area contributed by atoms with Crippen LogP contribution in [0.15, 0.2) is 47.1 Å². The van der Waals surface area contributed by atoms with Crippen molar-refractivity contribution in [2.75, 3.05) is 20.2 Å². The molecule has 6 heteroatoms. The lowest BCUT2D eigenvalue weighted by Crippen LogP contribution is -2.29. The summed E-state index contributed by atoms with van der Waals surface area (Å²) in [4.78, 5) is 13.7. The van der Waals surface area contributed by atoms with Crippen LogP contribution in [0.1, 0.15) is 21.7 Å². The van der Waals surface area contributed by atoms with E-state index in [4.69, 9.17) is 14.9 Å². The van der Waals surface area contributed by atoms with Crippen molar-refractivity contribution in [1.29, 1.82) is 0 Å². The third-order valence-electron chi connectivity index (χ3n) is 3.13. The maximum absolute atomic E-state index is 12.1. The van der Waals surface area contributed by atoms with Crippen LogP contribution >= 0.6 is 12.4 Å². The summed E-state index contributed by atoms with van der Waals surface area (Å²) >= 11 is 0. The standard InChI is InChI=1S/C16H20N2O3.ClH/c1-18(16(19)14-9-15(10-17)21-12-14)7-8-20-11-13-5-3-2-4-6-13;/h2-6,9,12H,7-8,10-11,17H2,1H3;1H. The van der Waals surface area contributed by atoms with Gasteiger partial charge in [0.05, 0.1) is 25.3 Å². The van der Waals surface area contributed by atoms with E-state index in [0.29, 0.717) is 31.1 Å². The van der Waals surface area contributed by atoms with E-state index < -0.39 is 0 Å². The number of rotatable bonds is 7. The molecule has 2 rings (SSSR count). The van der Waals surface area contributed by atoms with Crippen LogP contribution in [-0.2, 0) is 17.9 Å². The molecule has 0 saturated carbocycles. The normalized spacial score (nSPS) is 10.1. The Morgan fingerprint density at radius 2 is 2.05 bits per heavy atom. The van der Waals surface area contributed by atoms with Gasteiger partial charge >= 0.3 is 0 Å². The molecule has 120 valence electrons. The van der Waals surface area contributed by atoms with Crippen molar-refractivity contribution in [3.8, 4) is 0 Å². The topological polar surface area (TPSA) is 68.7 Å². The van der Waals surface area contributed by atoms with Gasteiger partial charge in [0.15, 0.2) is 0 Å². The lowest BCUT2D eigenvalue weighted by Gasteiger charge is -2.16. The summed E-state index contributed by atoms with van der Waals surface area (Å²) in [5.74, 6) is 0.508. The van der Waals surface area contributed by atoms with Gasteiger partial charge in [-0.05, 0) is 11.6 Å². The zero-order chi connectivity index (χ0) is 15.1. The van der Waals surface area contributed by atoms with Crippen molar-refractivity contribution in [2.45, 2.75) is 13.2 Å². The molecule has 0 aliphatic heterocycles. The van der Waals surface area contributed by atoms with Gasteiger partial charge in [-0.15, -0.1) is 12.4 Å². The molecule has 0 radical (unpaired) electrons. The number of ether oxygens (including phenoxy) is 1. The summed E-state index contributed by atoms with van der Waals surface area (Å²) in [5.41, 5.74) is 7.09. The molecule has 2 N–H and O–H groups in total. The molecule has 0 fully saturated rings. The summed E-state index contributed by atoms with van der Waals surface area (Å²) in [5, 5.41) is 0. The van der Waals surface area contributed by atoms with Crippen LogP contribution in [0.3, 0.4) is 0 Å². The molecule has 1 aromatic heterocycles. The van der Waals surface area contributed by atoms with E-state index in [1.54, 1.807) is 18.0 Å². The number of hydrogen-bond donors (Lipinski definition) is 1. The molecule has 0 unspecified atom stereocenters. The number of halogens is 1. The number of hydrogen-bond acceptors (Lipinski definition) is 4. The van der Waals surface area contributed by atoms with E-state index in [1.165, 1.54) is 6.26 Å². The average Bonchev–Trinajstić information content (AvgIpc) is 3.00. The van der Waals surface area contributed by atoms with Crippen LogP contribution in [0, 0.1) is 0 Å². The zero-order valence-corrected chi connectivity index (χ0v) is 13.3. The number of likely N-dealkylation sites (N-methyl/N-ethyl adjacent to an activating group) is 1. The Bertz CT molecular complexity index is 572. The highest BCUT2D eigenvalue weighted by atomic mass is 35.5. The summed E-state index contributed by atoms with van der Waals surface area (Å²) in [6.07, 6.45) is 1.44. The summed E-state index contributed by atoms with van der Waals surface area (Å²) < 4.78 is 10.7. The van der Waals surface area contributed by atoms with Crippen molar-refractivity contribution in [3.05, 3.63) is 59.5 Å². The van der Waals surface area contributed by atoms with Gasteiger partial charge in [-0.2, -0.15) is 0 Å². The van der Waals surface area contributed by atoms with Crippen molar-refractivity contribution < 1.29 is 13.9 Å². The van der Waals surface area contributed by atoms with Gasteiger partial charge in [-0.1, -0.05) is 30.3 Å². The molecule has 2 aromatic rings. The van der Waals surface area contributed by atoms with Gasteiger partial charge in [-0.3, -0.25) is 4.79 Å². The van der Waals surface area contributed by atoms with E-state index in [1.807, 2.05) is 30.3 Å². The molecule has 0 spiro atoms. The number of furan rings is 1. The molecule has 0 bridgehead atoms. The van der Waals surface area contributed by atoms with E-state index in [0.717, 1.165) is 5.56 Å². The van der Waals surface area contributed by atoms with Crippen molar-refractivity contribution >= 4 is 18.3 Å². The first-order valence-corrected chi connectivity index (χ1v) is 6.85. The van der Waals surface area contributed by atoms with E-state index in [2.05, 4.69) is 0 Å². The van der Waals surface area contributed by atoms with Gasteiger partial charge in [0.25, 0.3) is 5.91 Å². The van der Waals surface area contributed by atoms with Crippen LogP contribution in [0.4, 0.5) is 0 Å². The third-order valence-corrected chi connectivity index (χ3v) is 3.13. The van der Waals surface area contributed by atoms with Crippen molar-refractivity contribution in [3.63, 3.8) is 0 Å². The van der Waals surface area contributed by atoms with Crippen molar-refractivity contribution in [1.82, 2.24) is 4.90 Å². The first-order chi connectivity index (χ1) is 10.2. The fraction of sp³-hybridized carbons (Fsp3) is 0.312. The Kier molecular flexibility index (Phi) is 7.66. The lowest BCUT2D eigenvalue weighted by atomic mass is 10.2. The highest BCUT2D eigenvalue weighted by Gasteiger charge is 2.14. The van der Waals surface area contributed by atoms with E-state index >= 15 is 0 Å². The molecule has 1 heterocycles. The third kappa shape index (κ3) is 5.18. The Morgan fingerprint density at radius 1 is 1.32 bits per heavy atom. The molecule has 1 aromatic carbocycles. The summed E-state index contributed by atoms with van der Waals surface area (Å²) in [7, 11) is 1.74. The monoisotopic (exact) mass is 324 g/mol. The fourth-order valence-electron chi connectivity index (χ4n) is 1.89. The maximum atomic E-state index is 12.1. The Labute approximate surface area is 136 Å². The Balaban J connectivity index is 0.00000242. The van der Waals surface area contributed by atoms with E-state index in [-0.39, 0.29) is 24.9 Å². The molecular weight excluding hydrogens is 304 g/mol. The number of carbonyl (C=O) groups excluding carboxylic acids is 1.